The Morgan fingerprint density at radius 3 is 2.21 bits per heavy atom. The van der Waals surface area contributed by atoms with Crippen molar-refractivity contribution in [2.45, 2.75) is 6.92 Å². The third-order valence-electron chi connectivity index (χ3n) is 1.66. The lowest BCUT2D eigenvalue weighted by Crippen LogP contribution is -2.24. The molecule has 0 aliphatic heterocycles. The number of allylic oxidation sites excluding steroid dienone is 3. The van der Waals surface area contributed by atoms with E-state index >= 15 is 0 Å². The van der Waals surface area contributed by atoms with Crippen LogP contribution in [0.25, 0.3) is 0 Å². The van der Waals surface area contributed by atoms with E-state index in [0.29, 0.717) is 17.4 Å². The topological polar surface area (TPSA) is 37.4 Å². The van der Waals surface area contributed by atoms with Gasteiger partial charge in [-0.15, -0.1) is 0 Å². The number of nitrogens with zero attached hydrogens (tertiary/aromatic N) is 1. The van der Waals surface area contributed by atoms with Crippen LogP contribution >= 0.6 is 0 Å². The Morgan fingerprint density at radius 1 is 1.36 bits per heavy atom. The summed E-state index contributed by atoms with van der Waals surface area (Å²) < 4.78 is 0. The lowest BCUT2D eigenvalue weighted by molar-refractivity contribution is -0.124. The van der Waals surface area contributed by atoms with Crippen molar-refractivity contribution >= 4 is 12.2 Å². The zero-order valence-corrected chi connectivity index (χ0v) is 8.78. The SMILES string of the molecule is C=C/C=C(C=O)\C(=C/C)C(=O)N(C)C. The summed E-state index contributed by atoms with van der Waals surface area (Å²) in [6.45, 7) is 5.20. The fourth-order valence-electron chi connectivity index (χ4n) is 0.974. The van der Waals surface area contributed by atoms with Gasteiger partial charge in [-0.25, -0.2) is 0 Å². The first-order valence-electron chi connectivity index (χ1n) is 4.24. The smallest absolute Gasteiger partial charge is 0.253 e. The van der Waals surface area contributed by atoms with Gasteiger partial charge in [-0.2, -0.15) is 0 Å². The number of carbonyl (C=O) groups excluding carboxylic acids is 2. The predicted molar refractivity (Wildman–Crippen MR) is 56.8 cm³/mol. The summed E-state index contributed by atoms with van der Waals surface area (Å²) in [5.41, 5.74) is 0.742. The molecule has 0 aromatic heterocycles. The average molecular weight is 193 g/mol. The number of amides is 1. The highest BCUT2D eigenvalue weighted by Gasteiger charge is 2.13. The summed E-state index contributed by atoms with van der Waals surface area (Å²) in [4.78, 5) is 23.7. The lowest BCUT2D eigenvalue weighted by atomic mass is 10.1. The van der Waals surface area contributed by atoms with Crippen LogP contribution in [-0.4, -0.2) is 31.2 Å². The van der Waals surface area contributed by atoms with E-state index in [1.807, 2.05) is 0 Å². The van der Waals surface area contributed by atoms with Crippen LogP contribution in [0.4, 0.5) is 0 Å². The van der Waals surface area contributed by atoms with E-state index in [9.17, 15) is 9.59 Å². The molecule has 0 bridgehead atoms. The van der Waals surface area contributed by atoms with Gasteiger partial charge in [0, 0.05) is 25.2 Å². The minimum Gasteiger partial charge on any atom is -0.345 e. The van der Waals surface area contributed by atoms with Crippen molar-refractivity contribution in [3.8, 4) is 0 Å². The summed E-state index contributed by atoms with van der Waals surface area (Å²) in [6, 6.07) is 0. The zero-order valence-electron chi connectivity index (χ0n) is 8.78. The van der Waals surface area contributed by atoms with Crippen LogP contribution in [0.15, 0.2) is 36.0 Å². The molecule has 0 aliphatic rings. The van der Waals surface area contributed by atoms with Gasteiger partial charge in [0.2, 0.25) is 0 Å². The molecule has 0 radical (unpaired) electrons. The van der Waals surface area contributed by atoms with Crippen LogP contribution in [0.5, 0.6) is 0 Å². The van der Waals surface area contributed by atoms with E-state index in [4.69, 9.17) is 0 Å². The van der Waals surface area contributed by atoms with Crippen LogP contribution < -0.4 is 0 Å². The van der Waals surface area contributed by atoms with Gasteiger partial charge >= 0.3 is 0 Å². The Hall–Kier alpha value is -1.64. The Kier molecular flexibility index (Phi) is 5.22. The molecule has 0 spiro atoms. The predicted octanol–water partition coefficient (Wildman–Crippen LogP) is 1.33. The third-order valence-corrected chi connectivity index (χ3v) is 1.66. The van der Waals surface area contributed by atoms with Crippen molar-refractivity contribution in [3.63, 3.8) is 0 Å². The first kappa shape index (κ1) is 12.4. The second-order valence-electron chi connectivity index (χ2n) is 2.88. The summed E-state index contributed by atoms with van der Waals surface area (Å²) in [7, 11) is 3.28. The third kappa shape index (κ3) is 3.01. The monoisotopic (exact) mass is 193 g/mol. The molecule has 14 heavy (non-hydrogen) atoms. The summed E-state index contributed by atoms with van der Waals surface area (Å²) in [5, 5.41) is 0. The molecule has 3 heteroatoms. The molecule has 0 heterocycles. The van der Waals surface area contributed by atoms with Crippen molar-refractivity contribution in [1.29, 1.82) is 0 Å². The first-order valence-corrected chi connectivity index (χ1v) is 4.24. The maximum absolute atomic E-state index is 11.6. The fraction of sp³-hybridized carbons (Fsp3) is 0.273. The second-order valence-corrected chi connectivity index (χ2v) is 2.88. The van der Waals surface area contributed by atoms with Crippen molar-refractivity contribution in [3.05, 3.63) is 36.0 Å². The highest BCUT2D eigenvalue weighted by Crippen LogP contribution is 2.10. The van der Waals surface area contributed by atoms with Gasteiger partial charge in [0.15, 0.2) is 6.29 Å². The Bertz CT molecular complexity index is 298. The molecule has 0 unspecified atom stereocenters. The van der Waals surface area contributed by atoms with E-state index in [0.717, 1.165) is 0 Å². The molecule has 0 aromatic rings. The fourth-order valence-corrected chi connectivity index (χ4v) is 0.974. The molecule has 76 valence electrons. The van der Waals surface area contributed by atoms with Gasteiger partial charge < -0.3 is 4.90 Å². The minimum absolute atomic E-state index is 0.187. The number of hydrogen-bond acceptors (Lipinski definition) is 2. The van der Waals surface area contributed by atoms with Crippen molar-refractivity contribution < 1.29 is 9.59 Å². The number of hydrogen-bond donors (Lipinski definition) is 0. The quantitative estimate of drug-likeness (QED) is 0.384. The molecule has 0 N–H and O–H groups in total. The van der Waals surface area contributed by atoms with Gasteiger partial charge in [-0.1, -0.05) is 24.8 Å². The molecule has 0 aromatic carbocycles. The number of rotatable bonds is 4. The summed E-state index contributed by atoms with van der Waals surface area (Å²) in [5.74, 6) is -0.187. The molecule has 3 nitrogen and oxygen atoms in total. The van der Waals surface area contributed by atoms with Crippen LogP contribution in [0.1, 0.15) is 6.92 Å². The summed E-state index contributed by atoms with van der Waals surface area (Å²) in [6.07, 6.45) is 5.27. The maximum atomic E-state index is 11.6. The molecule has 0 atom stereocenters. The number of likely N-dealkylation sites (N-methyl/N-ethyl adjacent to an activating group) is 1. The standard InChI is InChI=1S/C11H15NO2/c1-5-7-9(8-13)10(6-2)11(14)12(3)4/h5-8H,1H2,2-4H3/b9-7-,10-6+. The largest absolute Gasteiger partial charge is 0.345 e. The average Bonchev–Trinajstić information content (AvgIpc) is 2.17. The Labute approximate surface area is 84.4 Å². The molecule has 0 aliphatic carbocycles. The van der Waals surface area contributed by atoms with E-state index in [2.05, 4.69) is 6.58 Å². The number of aldehydes is 1. The van der Waals surface area contributed by atoms with Gasteiger partial charge in [-0.05, 0) is 6.92 Å². The van der Waals surface area contributed by atoms with Gasteiger partial charge in [-0.3, -0.25) is 9.59 Å². The van der Waals surface area contributed by atoms with Crippen molar-refractivity contribution in [2.24, 2.45) is 0 Å². The molecule has 1 amide bonds. The van der Waals surface area contributed by atoms with Gasteiger partial charge in [0.1, 0.15) is 0 Å². The normalized spacial score (nSPS) is 12.2. The highest BCUT2D eigenvalue weighted by molar-refractivity contribution is 6.04. The van der Waals surface area contributed by atoms with E-state index in [1.54, 1.807) is 27.1 Å². The minimum atomic E-state index is -0.187. The molecule has 0 saturated heterocycles. The summed E-state index contributed by atoms with van der Waals surface area (Å²) >= 11 is 0. The highest BCUT2D eigenvalue weighted by atomic mass is 16.2. The lowest BCUT2D eigenvalue weighted by Gasteiger charge is -2.12. The van der Waals surface area contributed by atoms with E-state index < -0.39 is 0 Å². The Balaban J connectivity index is 5.09. The first-order chi connectivity index (χ1) is 6.58. The van der Waals surface area contributed by atoms with E-state index in [1.165, 1.54) is 17.1 Å². The van der Waals surface area contributed by atoms with Crippen molar-refractivity contribution in [1.82, 2.24) is 4.90 Å². The second kappa shape index (κ2) is 5.91. The number of carbonyl (C=O) groups is 2. The Morgan fingerprint density at radius 2 is 1.93 bits per heavy atom. The van der Waals surface area contributed by atoms with Crippen LogP contribution in [0, 0.1) is 0 Å². The molecule has 0 fully saturated rings. The van der Waals surface area contributed by atoms with E-state index in [-0.39, 0.29) is 5.91 Å². The maximum Gasteiger partial charge on any atom is 0.253 e. The molecular formula is C11H15NO2. The zero-order chi connectivity index (χ0) is 11.1. The van der Waals surface area contributed by atoms with Crippen LogP contribution in [0.3, 0.4) is 0 Å². The molecular weight excluding hydrogens is 178 g/mol. The van der Waals surface area contributed by atoms with Crippen LogP contribution in [0.2, 0.25) is 0 Å². The van der Waals surface area contributed by atoms with Crippen molar-refractivity contribution in [2.75, 3.05) is 14.1 Å². The molecule has 0 saturated carbocycles. The van der Waals surface area contributed by atoms with Gasteiger partial charge in [0.05, 0.1) is 0 Å². The van der Waals surface area contributed by atoms with Gasteiger partial charge in [0.25, 0.3) is 5.91 Å². The van der Waals surface area contributed by atoms with Crippen LogP contribution in [-0.2, 0) is 9.59 Å². The molecule has 0 rings (SSSR count).